The van der Waals surface area contributed by atoms with Gasteiger partial charge in [0.15, 0.2) is 5.78 Å². The summed E-state index contributed by atoms with van der Waals surface area (Å²) in [6.07, 6.45) is -3.57. The van der Waals surface area contributed by atoms with Crippen LogP contribution in [-0.2, 0) is 11.0 Å². The van der Waals surface area contributed by atoms with Crippen LogP contribution < -0.4 is 10.2 Å². The Balaban J connectivity index is 1.56. The Morgan fingerprint density at radius 1 is 1.10 bits per heavy atom. The van der Waals surface area contributed by atoms with Crippen molar-refractivity contribution in [3.63, 3.8) is 0 Å². The van der Waals surface area contributed by atoms with Crippen LogP contribution in [0.2, 0.25) is 0 Å². The van der Waals surface area contributed by atoms with Gasteiger partial charge in [-0.3, -0.25) is 14.5 Å². The average molecular weight is 420 g/mol. The molecule has 1 aliphatic rings. The number of hydrogen-bond acceptors (Lipinski definition) is 5. The molecule has 0 spiro atoms. The molecule has 2 aromatic rings. The van der Waals surface area contributed by atoms with Gasteiger partial charge in [-0.25, -0.2) is 4.98 Å². The summed E-state index contributed by atoms with van der Waals surface area (Å²) in [5, 5.41) is 2.83. The monoisotopic (exact) mass is 420 g/mol. The topological polar surface area (TPSA) is 65.5 Å². The van der Waals surface area contributed by atoms with Crippen molar-refractivity contribution in [2.45, 2.75) is 26.1 Å². The summed E-state index contributed by atoms with van der Waals surface area (Å²) >= 11 is 0. The molecule has 6 nitrogen and oxygen atoms in total. The van der Waals surface area contributed by atoms with Gasteiger partial charge in [0.2, 0.25) is 5.91 Å². The lowest BCUT2D eigenvalue weighted by atomic mass is 10.1. The molecule has 9 heteroatoms. The fourth-order valence-electron chi connectivity index (χ4n) is 3.31. The van der Waals surface area contributed by atoms with E-state index in [1.165, 1.54) is 13.0 Å². The van der Waals surface area contributed by atoms with Crippen molar-refractivity contribution in [2.75, 3.05) is 36.4 Å². The van der Waals surface area contributed by atoms with Gasteiger partial charge in [0.1, 0.15) is 5.82 Å². The van der Waals surface area contributed by atoms with Gasteiger partial charge in [-0.15, -0.1) is 0 Å². The molecule has 1 N–H and O–H groups in total. The van der Waals surface area contributed by atoms with Crippen LogP contribution in [0.25, 0.3) is 0 Å². The smallest absolute Gasteiger partial charge is 0.354 e. The SMILES string of the molecule is CC(=O)c1cccc(NC(=O)[C@@H](C)N2CCN(c3ccc(C(F)(F)F)cn3)CC2)c1. The van der Waals surface area contributed by atoms with Gasteiger partial charge in [0.05, 0.1) is 11.6 Å². The molecule has 0 bridgehead atoms. The Bertz CT molecular complexity index is 907. The Kier molecular flexibility index (Phi) is 6.40. The number of carbonyl (C=O) groups is 2. The van der Waals surface area contributed by atoms with Gasteiger partial charge in [0.25, 0.3) is 0 Å². The van der Waals surface area contributed by atoms with Crippen molar-refractivity contribution in [3.8, 4) is 0 Å². The Labute approximate surface area is 172 Å². The molecule has 3 rings (SSSR count). The van der Waals surface area contributed by atoms with Gasteiger partial charge in [0, 0.05) is 43.6 Å². The van der Waals surface area contributed by atoms with E-state index in [0.29, 0.717) is 43.2 Å². The predicted octanol–water partition coefficient (Wildman–Crippen LogP) is 3.45. The normalized spacial score (nSPS) is 16.2. The Morgan fingerprint density at radius 2 is 1.80 bits per heavy atom. The van der Waals surface area contributed by atoms with Crippen molar-refractivity contribution in [1.29, 1.82) is 0 Å². The molecular formula is C21H23F3N4O2. The third-order valence-electron chi connectivity index (χ3n) is 5.18. The summed E-state index contributed by atoms with van der Waals surface area (Å²) in [7, 11) is 0. The Morgan fingerprint density at radius 3 is 2.37 bits per heavy atom. The quantitative estimate of drug-likeness (QED) is 0.751. The number of aromatic nitrogens is 1. The standard InChI is InChI=1S/C21H23F3N4O2/c1-14(20(30)26-18-5-3-4-16(12-18)15(2)29)27-8-10-28(11-9-27)19-7-6-17(13-25-19)21(22,23)24/h3-7,12-14H,8-11H2,1-2H3,(H,26,30)/t14-/m1/s1. The van der Waals surface area contributed by atoms with Crippen molar-refractivity contribution >= 4 is 23.2 Å². The average Bonchev–Trinajstić information content (AvgIpc) is 2.73. The van der Waals surface area contributed by atoms with Crippen LogP contribution in [0.3, 0.4) is 0 Å². The number of alkyl halides is 3. The molecule has 0 saturated carbocycles. The maximum atomic E-state index is 12.7. The summed E-state index contributed by atoms with van der Waals surface area (Å²) in [5.74, 6) is 0.227. The van der Waals surface area contributed by atoms with E-state index in [9.17, 15) is 22.8 Å². The largest absolute Gasteiger partial charge is 0.417 e. The molecule has 1 amide bonds. The van der Waals surface area contributed by atoms with E-state index in [1.807, 2.05) is 9.80 Å². The minimum Gasteiger partial charge on any atom is -0.354 e. The number of halogens is 3. The number of ketones is 1. The summed E-state index contributed by atoms with van der Waals surface area (Å²) in [6.45, 7) is 5.52. The van der Waals surface area contributed by atoms with Crippen LogP contribution in [0.4, 0.5) is 24.7 Å². The molecule has 0 aliphatic carbocycles. The van der Waals surface area contributed by atoms with Crippen LogP contribution in [0.5, 0.6) is 0 Å². The summed E-state index contributed by atoms with van der Waals surface area (Å²) < 4.78 is 38.0. The third-order valence-corrected chi connectivity index (χ3v) is 5.18. The molecule has 0 unspecified atom stereocenters. The van der Waals surface area contributed by atoms with E-state index in [1.54, 1.807) is 31.2 Å². The van der Waals surface area contributed by atoms with Gasteiger partial charge in [-0.05, 0) is 38.1 Å². The zero-order chi connectivity index (χ0) is 21.9. The van der Waals surface area contributed by atoms with E-state index < -0.39 is 17.8 Å². The van der Waals surface area contributed by atoms with E-state index in [2.05, 4.69) is 10.3 Å². The molecule has 1 saturated heterocycles. The highest BCUT2D eigenvalue weighted by atomic mass is 19.4. The molecule has 1 fully saturated rings. The zero-order valence-electron chi connectivity index (χ0n) is 16.7. The zero-order valence-corrected chi connectivity index (χ0v) is 16.7. The highest BCUT2D eigenvalue weighted by Crippen LogP contribution is 2.29. The summed E-state index contributed by atoms with van der Waals surface area (Å²) in [6, 6.07) is 8.78. The minimum atomic E-state index is -4.41. The van der Waals surface area contributed by atoms with Gasteiger partial charge in [-0.2, -0.15) is 13.2 Å². The summed E-state index contributed by atoms with van der Waals surface area (Å²) in [5.41, 5.74) is 0.314. The maximum Gasteiger partial charge on any atom is 0.417 e. The van der Waals surface area contributed by atoms with Crippen molar-refractivity contribution < 1.29 is 22.8 Å². The van der Waals surface area contributed by atoms with Gasteiger partial charge in [-0.1, -0.05) is 12.1 Å². The molecule has 1 aromatic carbocycles. The van der Waals surface area contributed by atoms with Crippen LogP contribution >= 0.6 is 0 Å². The number of pyridine rings is 1. The third kappa shape index (κ3) is 5.15. The van der Waals surface area contributed by atoms with Crippen molar-refractivity contribution in [3.05, 3.63) is 53.7 Å². The molecule has 0 radical (unpaired) electrons. The molecule has 1 aliphatic heterocycles. The molecule has 30 heavy (non-hydrogen) atoms. The number of anilines is 2. The number of nitrogens with zero attached hydrogens (tertiary/aromatic N) is 3. The number of rotatable bonds is 5. The van der Waals surface area contributed by atoms with E-state index in [4.69, 9.17) is 0 Å². The lowest BCUT2D eigenvalue weighted by molar-refractivity contribution is -0.137. The lowest BCUT2D eigenvalue weighted by Crippen LogP contribution is -2.53. The molecular weight excluding hydrogens is 397 g/mol. The van der Waals surface area contributed by atoms with Crippen molar-refractivity contribution in [1.82, 2.24) is 9.88 Å². The van der Waals surface area contributed by atoms with Gasteiger partial charge >= 0.3 is 6.18 Å². The molecule has 2 heterocycles. The fraction of sp³-hybridized carbons (Fsp3) is 0.381. The number of nitrogens with one attached hydrogen (secondary N) is 1. The number of piperazine rings is 1. The van der Waals surface area contributed by atoms with Crippen molar-refractivity contribution in [2.24, 2.45) is 0 Å². The molecule has 1 atom stereocenters. The van der Waals surface area contributed by atoms with E-state index in [0.717, 1.165) is 12.3 Å². The highest BCUT2D eigenvalue weighted by molar-refractivity contribution is 5.98. The first-order chi connectivity index (χ1) is 14.1. The second kappa shape index (κ2) is 8.83. The van der Waals surface area contributed by atoms with Crippen LogP contribution in [-0.4, -0.2) is 53.8 Å². The Hall–Kier alpha value is -2.94. The highest BCUT2D eigenvalue weighted by Gasteiger charge is 2.31. The maximum absolute atomic E-state index is 12.7. The second-order valence-electron chi connectivity index (χ2n) is 7.23. The second-order valence-corrected chi connectivity index (χ2v) is 7.23. The summed E-state index contributed by atoms with van der Waals surface area (Å²) in [4.78, 5) is 31.9. The number of carbonyl (C=O) groups excluding carboxylic acids is 2. The molecule has 160 valence electrons. The first kappa shape index (κ1) is 21.8. The number of amides is 1. The number of benzene rings is 1. The molecule has 1 aromatic heterocycles. The van der Waals surface area contributed by atoms with Crippen LogP contribution in [0.1, 0.15) is 29.8 Å². The van der Waals surface area contributed by atoms with E-state index >= 15 is 0 Å². The number of hydrogen-bond donors (Lipinski definition) is 1. The first-order valence-corrected chi connectivity index (χ1v) is 9.59. The fourth-order valence-corrected chi connectivity index (χ4v) is 3.31. The first-order valence-electron chi connectivity index (χ1n) is 9.59. The van der Waals surface area contributed by atoms with Crippen LogP contribution in [0.15, 0.2) is 42.6 Å². The minimum absolute atomic E-state index is 0.0767. The predicted molar refractivity (Wildman–Crippen MR) is 108 cm³/mol. The number of Topliss-reactive ketones (excluding diaryl/α,β-unsaturated/α-hetero) is 1. The van der Waals surface area contributed by atoms with Crippen LogP contribution in [0, 0.1) is 0 Å². The van der Waals surface area contributed by atoms with Gasteiger partial charge < -0.3 is 10.2 Å². The van der Waals surface area contributed by atoms with E-state index in [-0.39, 0.29) is 11.7 Å². The lowest BCUT2D eigenvalue weighted by Gasteiger charge is -2.38.